The monoisotopic (exact) mass is 408 g/mol. The van der Waals surface area contributed by atoms with Crippen LogP contribution in [0.25, 0.3) is 10.2 Å². The van der Waals surface area contributed by atoms with Crippen molar-refractivity contribution >= 4 is 33.4 Å². The second-order valence-corrected chi connectivity index (χ2v) is 7.24. The lowest BCUT2D eigenvalue weighted by atomic mass is 10.1. The fourth-order valence-corrected chi connectivity index (χ4v) is 3.77. The summed E-state index contributed by atoms with van der Waals surface area (Å²) in [5.74, 6) is -1.79. The maximum absolute atomic E-state index is 13.0. The summed E-state index contributed by atoms with van der Waals surface area (Å²) in [7, 11) is 0. The summed E-state index contributed by atoms with van der Waals surface area (Å²) >= 11 is 0.838. The number of aliphatic carboxylic acids is 1. The molecular weight excluding hydrogens is 393 g/mol. The third kappa shape index (κ3) is 3.84. The van der Waals surface area contributed by atoms with Gasteiger partial charge in [0, 0.05) is 5.56 Å². The molecule has 0 saturated heterocycles. The van der Waals surface area contributed by atoms with E-state index in [4.69, 9.17) is 0 Å². The number of carbonyl (C=O) groups excluding carboxylic acids is 1. The van der Waals surface area contributed by atoms with E-state index < -0.39 is 29.7 Å². The molecule has 1 heterocycles. The Morgan fingerprint density at radius 3 is 2.36 bits per heavy atom. The van der Waals surface area contributed by atoms with E-state index in [0.717, 1.165) is 29.0 Å². The Hall–Kier alpha value is -2.94. The average molecular weight is 408 g/mol. The van der Waals surface area contributed by atoms with Crippen LogP contribution < -0.4 is 4.80 Å². The number of aryl methyl sites for hydroxylation is 1. The first-order valence-electron chi connectivity index (χ1n) is 8.19. The third-order valence-corrected chi connectivity index (χ3v) is 5.21. The number of fused-ring (bicyclic) bond motifs is 1. The van der Waals surface area contributed by atoms with Crippen LogP contribution in [0.2, 0.25) is 0 Å². The van der Waals surface area contributed by atoms with Crippen molar-refractivity contribution in [2.45, 2.75) is 26.1 Å². The Labute approximate surface area is 161 Å². The number of thiazole rings is 1. The molecule has 1 unspecified atom stereocenters. The standard InChI is InChI=1S/C19H15F3N2O3S/c1-10-3-5-12(6-4-10)16(25)23-18-24(11(2)17(26)27)14-8-7-13(19(20,21)22)9-15(14)28-18/h3-9,11H,1-2H3,(H,26,27)/b23-18-. The van der Waals surface area contributed by atoms with Gasteiger partial charge in [0.1, 0.15) is 6.04 Å². The highest BCUT2D eigenvalue weighted by Crippen LogP contribution is 2.32. The summed E-state index contributed by atoms with van der Waals surface area (Å²) in [5.41, 5.74) is 0.664. The van der Waals surface area contributed by atoms with Gasteiger partial charge < -0.3 is 9.67 Å². The molecule has 0 saturated carbocycles. The third-order valence-electron chi connectivity index (χ3n) is 4.19. The van der Waals surface area contributed by atoms with E-state index in [2.05, 4.69) is 4.99 Å². The molecule has 0 aliphatic heterocycles. The molecule has 3 aromatic rings. The zero-order valence-corrected chi connectivity index (χ0v) is 15.6. The molecular formula is C19H15F3N2O3S. The van der Waals surface area contributed by atoms with E-state index in [0.29, 0.717) is 5.56 Å². The SMILES string of the molecule is Cc1ccc(C(=O)/N=c2\sc3cc(C(F)(F)F)ccc3n2C(C)C(=O)O)cc1. The van der Waals surface area contributed by atoms with Gasteiger partial charge in [-0.2, -0.15) is 18.2 Å². The number of carboxylic acids is 1. The number of amides is 1. The van der Waals surface area contributed by atoms with Crippen LogP contribution in [0.3, 0.4) is 0 Å². The van der Waals surface area contributed by atoms with E-state index in [-0.39, 0.29) is 15.0 Å². The highest BCUT2D eigenvalue weighted by molar-refractivity contribution is 7.16. The van der Waals surface area contributed by atoms with E-state index in [1.807, 2.05) is 6.92 Å². The van der Waals surface area contributed by atoms with Crippen molar-refractivity contribution < 1.29 is 27.9 Å². The maximum atomic E-state index is 13.0. The zero-order chi connectivity index (χ0) is 20.6. The lowest BCUT2D eigenvalue weighted by Gasteiger charge is -2.11. The fraction of sp³-hybridized carbons (Fsp3) is 0.211. The maximum Gasteiger partial charge on any atom is 0.416 e. The Bertz CT molecular complexity index is 1130. The molecule has 3 rings (SSSR count). The topological polar surface area (TPSA) is 71.7 Å². The molecule has 1 N–H and O–H groups in total. The molecule has 1 aromatic heterocycles. The number of carboxylic acid groups (broad SMARTS) is 1. The molecule has 0 fully saturated rings. The molecule has 0 aliphatic carbocycles. The number of rotatable bonds is 3. The van der Waals surface area contributed by atoms with Crippen molar-refractivity contribution in [2.24, 2.45) is 4.99 Å². The summed E-state index contributed by atoms with van der Waals surface area (Å²) in [6, 6.07) is 8.53. The van der Waals surface area contributed by atoms with Crippen LogP contribution >= 0.6 is 11.3 Å². The van der Waals surface area contributed by atoms with Crippen molar-refractivity contribution in [1.82, 2.24) is 4.57 Å². The molecule has 2 aromatic carbocycles. The van der Waals surface area contributed by atoms with E-state index in [1.165, 1.54) is 17.6 Å². The van der Waals surface area contributed by atoms with Gasteiger partial charge in [0.2, 0.25) is 0 Å². The molecule has 1 amide bonds. The molecule has 0 radical (unpaired) electrons. The Morgan fingerprint density at radius 1 is 1.14 bits per heavy atom. The number of hydrogen-bond acceptors (Lipinski definition) is 3. The molecule has 9 heteroatoms. The highest BCUT2D eigenvalue weighted by Gasteiger charge is 2.31. The van der Waals surface area contributed by atoms with Crippen LogP contribution in [0, 0.1) is 6.92 Å². The van der Waals surface area contributed by atoms with E-state index in [9.17, 15) is 27.9 Å². The smallest absolute Gasteiger partial charge is 0.416 e. The fourth-order valence-electron chi connectivity index (χ4n) is 2.63. The quantitative estimate of drug-likeness (QED) is 0.698. The van der Waals surface area contributed by atoms with Gasteiger partial charge in [-0.05, 0) is 44.2 Å². The molecule has 0 bridgehead atoms. The van der Waals surface area contributed by atoms with Crippen LogP contribution in [0.1, 0.15) is 34.5 Å². The van der Waals surface area contributed by atoms with Crippen molar-refractivity contribution in [3.8, 4) is 0 Å². The number of alkyl halides is 3. The van der Waals surface area contributed by atoms with Crippen LogP contribution in [0.15, 0.2) is 47.5 Å². The van der Waals surface area contributed by atoms with E-state index in [1.54, 1.807) is 24.3 Å². The van der Waals surface area contributed by atoms with Gasteiger partial charge in [-0.25, -0.2) is 4.79 Å². The first kappa shape index (κ1) is 19.8. The Morgan fingerprint density at radius 2 is 1.79 bits per heavy atom. The second kappa shape index (κ2) is 7.23. The minimum absolute atomic E-state index is 0.0230. The number of carbonyl (C=O) groups is 2. The highest BCUT2D eigenvalue weighted by atomic mass is 32.1. The van der Waals surface area contributed by atoms with Gasteiger partial charge in [-0.1, -0.05) is 29.0 Å². The van der Waals surface area contributed by atoms with Crippen molar-refractivity contribution in [3.05, 3.63) is 64.0 Å². The Kier molecular flexibility index (Phi) is 5.12. The first-order valence-corrected chi connectivity index (χ1v) is 9.00. The van der Waals surface area contributed by atoms with Gasteiger partial charge in [0.25, 0.3) is 5.91 Å². The summed E-state index contributed by atoms with van der Waals surface area (Å²) < 4.78 is 40.5. The van der Waals surface area contributed by atoms with Crippen LogP contribution in [-0.4, -0.2) is 21.6 Å². The van der Waals surface area contributed by atoms with Gasteiger partial charge in [0.15, 0.2) is 4.80 Å². The number of benzene rings is 2. The first-order chi connectivity index (χ1) is 13.1. The summed E-state index contributed by atoms with van der Waals surface area (Å²) in [5, 5.41) is 9.38. The van der Waals surface area contributed by atoms with Gasteiger partial charge in [-0.15, -0.1) is 0 Å². The predicted molar refractivity (Wildman–Crippen MR) is 98.2 cm³/mol. The van der Waals surface area contributed by atoms with Crippen molar-refractivity contribution in [3.63, 3.8) is 0 Å². The van der Waals surface area contributed by atoms with Crippen LogP contribution in [0.5, 0.6) is 0 Å². The average Bonchev–Trinajstić information content (AvgIpc) is 2.97. The molecule has 0 spiro atoms. The predicted octanol–water partition coefficient (Wildman–Crippen LogP) is 4.42. The van der Waals surface area contributed by atoms with Gasteiger partial charge in [-0.3, -0.25) is 4.79 Å². The zero-order valence-electron chi connectivity index (χ0n) is 14.8. The van der Waals surface area contributed by atoms with Crippen LogP contribution in [-0.2, 0) is 11.0 Å². The molecule has 28 heavy (non-hydrogen) atoms. The van der Waals surface area contributed by atoms with Crippen molar-refractivity contribution in [2.75, 3.05) is 0 Å². The lowest BCUT2D eigenvalue weighted by Crippen LogP contribution is -2.25. The molecule has 1 atom stereocenters. The molecule has 5 nitrogen and oxygen atoms in total. The van der Waals surface area contributed by atoms with Gasteiger partial charge in [0.05, 0.1) is 15.8 Å². The van der Waals surface area contributed by atoms with Crippen molar-refractivity contribution in [1.29, 1.82) is 0 Å². The summed E-state index contributed by atoms with van der Waals surface area (Å²) in [6.07, 6.45) is -4.53. The lowest BCUT2D eigenvalue weighted by molar-refractivity contribution is -0.140. The largest absolute Gasteiger partial charge is 0.480 e. The van der Waals surface area contributed by atoms with Gasteiger partial charge >= 0.3 is 12.1 Å². The number of nitrogens with zero attached hydrogens (tertiary/aromatic N) is 2. The normalized spacial score (nSPS) is 13.7. The minimum Gasteiger partial charge on any atom is -0.480 e. The minimum atomic E-state index is -4.53. The number of aromatic nitrogens is 1. The molecule has 0 aliphatic rings. The number of halogens is 3. The summed E-state index contributed by atoms with van der Waals surface area (Å²) in [6.45, 7) is 3.24. The number of hydrogen-bond donors (Lipinski definition) is 1. The molecule has 146 valence electrons. The second-order valence-electron chi connectivity index (χ2n) is 6.23. The Balaban J connectivity index is 2.22. The van der Waals surface area contributed by atoms with Crippen LogP contribution in [0.4, 0.5) is 13.2 Å². The van der Waals surface area contributed by atoms with E-state index >= 15 is 0 Å². The summed E-state index contributed by atoms with van der Waals surface area (Å²) in [4.78, 5) is 28.0.